The molecular weight excluding hydrogens is 374 g/mol. The Morgan fingerprint density at radius 2 is 1.93 bits per heavy atom. The van der Waals surface area contributed by atoms with E-state index in [1.54, 1.807) is 0 Å². The second-order valence-corrected chi connectivity index (χ2v) is 8.20. The molecule has 9 nitrogen and oxygen atoms in total. The van der Waals surface area contributed by atoms with Crippen molar-refractivity contribution in [2.24, 2.45) is 5.92 Å². The van der Waals surface area contributed by atoms with Crippen molar-refractivity contribution < 1.29 is 14.3 Å². The number of amides is 2. The van der Waals surface area contributed by atoms with Crippen molar-refractivity contribution in [3.05, 3.63) is 28.4 Å². The highest BCUT2D eigenvalue weighted by atomic mass is 16.5. The van der Waals surface area contributed by atoms with Crippen molar-refractivity contribution in [1.29, 1.82) is 0 Å². The van der Waals surface area contributed by atoms with Gasteiger partial charge in [0.15, 0.2) is 5.69 Å². The summed E-state index contributed by atoms with van der Waals surface area (Å²) < 4.78 is 5.34. The Bertz CT molecular complexity index is 787. The van der Waals surface area contributed by atoms with Crippen LogP contribution in [-0.2, 0) is 9.53 Å². The number of carbonyl (C=O) groups is 2. The first-order valence-electron chi connectivity index (χ1n) is 10.5. The summed E-state index contributed by atoms with van der Waals surface area (Å²) in [5.41, 5.74) is -0.599. The van der Waals surface area contributed by atoms with Crippen LogP contribution in [0.5, 0.6) is 0 Å². The first-order chi connectivity index (χ1) is 14.1. The van der Waals surface area contributed by atoms with Gasteiger partial charge < -0.3 is 19.9 Å². The van der Waals surface area contributed by atoms with Gasteiger partial charge in [-0.25, -0.2) is 4.98 Å². The predicted octanol–water partition coefficient (Wildman–Crippen LogP) is -0.00840. The normalized spacial score (nSPS) is 25.2. The van der Waals surface area contributed by atoms with E-state index in [-0.39, 0.29) is 23.7 Å². The number of hydrogen-bond donors (Lipinski definition) is 2. The van der Waals surface area contributed by atoms with Crippen molar-refractivity contribution in [2.45, 2.75) is 44.2 Å². The van der Waals surface area contributed by atoms with E-state index in [1.807, 2.05) is 4.90 Å². The van der Waals surface area contributed by atoms with E-state index in [0.717, 1.165) is 19.4 Å². The summed E-state index contributed by atoms with van der Waals surface area (Å²) in [5, 5.41) is 2.87. The van der Waals surface area contributed by atoms with Crippen LogP contribution in [0.2, 0.25) is 0 Å². The molecular formula is C20H29N5O4. The molecule has 1 aromatic heterocycles. The number of morpholine rings is 1. The number of nitrogens with zero attached hydrogens (tertiary/aromatic N) is 3. The summed E-state index contributed by atoms with van der Waals surface area (Å²) in [4.78, 5) is 47.5. The molecule has 29 heavy (non-hydrogen) atoms. The number of aromatic amines is 1. The number of hydrogen-bond acceptors (Lipinski definition) is 6. The zero-order chi connectivity index (χ0) is 20.2. The third-order valence-corrected chi connectivity index (χ3v) is 6.13. The lowest BCUT2D eigenvalue weighted by Gasteiger charge is -2.33. The van der Waals surface area contributed by atoms with Gasteiger partial charge in [-0.15, -0.1) is 0 Å². The SMILES string of the molecule is O=C(NC[C@@H]1CC[C@H](CC(=O)N2CCOCC2)N1CC1CC1)c1ncc[nH]c1=O. The van der Waals surface area contributed by atoms with Gasteiger partial charge in [-0.1, -0.05) is 0 Å². The molecule has 3 fully saturated rings. The monoisotopic (exact) mass is 403 g/mol. The van der Waals surface area contributed by atoms with Crippen molar-refractivity contribution in [2.75, 3.05) is 39.4 Å². The number of carbonyl (C=O) groups excluding carboxylic acids is 2. The van der Waals surface area contributed by atoms with E-state index in [2.05, 4.69) is 20.2 Å². The highest BCUT2D eigenvalue weighted by molar-refractivity contribution is 5.91. The lowest BCUT2D eigenvalue weighted by molar-refractivity contribution is -0.136. The van der Waals surface area contributed by atoms with Gasteiger partial charge in [0.1, 0.15) is 0 Å². The summed E-state index contributed by atoms with van der Waals surface area (Å²) in [6.45, 7) is 4.02. The number of rotatable bonds is 7. The second kappa shape index (κ2) is 9.04. The molecule has 0 unspecified atom stereocenters. The fraction of sp³-hybridized carbons (Fsp3) is 0.700. The third-order valence-electron chi connectivity index (χ3n) is 6.13. The molecule has 0 spiro atoms. The maximum absolute atomic E-state index is 12.7. The molecule has 3 aliphatic rings. The topological polar surface area (TPSA) is 108 Å². The van der Waals surface area contributed by atoms with Crippen LogP contribution in [0.1, 0.15) is 42.6 Å². The van der Waals surface area contributed by atoms with Crippen LogP contribution >= 0.6 is 0 Å². The van der Waals surface area contributed by atoms with Crippen molar-refractivity contribution in [3.8, 4) is 0 Å². The van der Waals surface area contributed by atoms with Gasteiger partial charge in [-0.2, -0.15) is 0 Å². The summed E-state index contributed by atoms with van der Waals surface area (Å²) in [6.07, 6.45) is 7.70. The summed E-state index contributed by atoms with van der Waals surface area (Å²) in [7, 11) is 0. The lowest BCUT2D eigenvalue weighted by atomic mass is 10.1. The standard InChI is InChI=1S/C20H29N5O4/c26-17(24-7-9-29-10-8-24)11-15-3-4-16(25(15)13-14-1-2-14)12-23-20(28)18-19(27)22-6-5-21-18/h5-6,14-16H,1-4,7-13H2,(H,22,27)(H,23,28)/t15-,16+/m1/s1. The number of likely N-dealkylation sites (tertiary alicyclic amines) is 1. The molecule has 3 heterocycles. The maximum atomic E-state index is 12.7. The lowest BCUT2D eigenvalue weighted by Crippen LogP contribution is -2.47. The van der Waals surface area contributed by atoms with E-state index in [4.69, 9.17) is 4.74 Å². The van der Waals surface area contributed by atoms with E-state index < -0.39 is 11.5 Å². The second-order valence-electron chi connectivity index (χ2n) is 8.20. The Labute approximate surface area is 169 Å². The van der Waals surface area contributed by atoms with Crippen LogP contribution in [0, 0.1) is 5.92 Å². The fourth-order valence-electron chi connectivity index (χ4n) is 4.30. The Kier molecular flexibility index (Phi) is 6.25. The number of H-pyrrole nitrogens is 1. The Balaban J connectivity index is 1.35. The Morgan fingerprint density at radius 3 is 2.66 bits per heavy atom. The number of ether oxygens (including phenoxy) is 1. The smallest absolute Gasteiger partial charge is 0.279 e. The Hall–Kier alpha value is -2.26. The molecule has 2 atom stereocenters. The molecule has 0 radical (unpaired) electrons. The molecule has 2 aliphatic heterocycles. The minimum atomic E-state index is -0.486. The van der Waals surface area contributed by atoms with Crippen LogP contribution in [0.25, 0.3) is 0 Å². The molecule has 2 N–H and O–H groups in total. The summed E-state index contributed by atoms with van der Waals surface area (Å²) in [5.74, 6) is 0.445. The average Bonchev–Trinajstić information content (AvgIpc) is 3.49. The minimum absolute atomic E-state index is 0.113. The highest BCUT2D eigenvalue weighted by Crippen LogP contribution is 2.35. The highest BCUT2D eigenvalue weighted by Gasteiger charge is 2.38. The van der Waals surface area contributed by atoms with Crippen molar-refractivity contribution in [1.82, 2.24) is 25.1 Å². The van der Waals surface area contributed by atoms with Gasteiger partial charge >= 0.3 is 0 Å². The van der Waals surface area contributed by atoms with E-state index >= 15 is 0 Å². The van der Waals surface area contributed by atoms with E-state index in [0.29, 0.717) is 45.2 Å². The maximum Gasteiger partial charge on any atom is 0.279 e. The summed E-state index contributed by atoms with van der Waals surface area (Å²) >= 11 is 0. The van der Waals surface area contributed by atoms with E-state index in [1.165, 1.54) is 25.2 Å². The minimum Gasteiger partial charge on any atom is -0.378 e. The average molecular weight is 403 g/mol. The molecule has 1 saturated carbocycles. The molecule has 1 aromatic rings. The molecule has 2 amide bonds. The fourth-order valence-corrected chi connectivity index (χ4v) is 4.30. The predicted molar refractivity (Wildman–Crippen MR) is 105 cm³/mol. The molecule has 2 saturated heterocycles. The Morgan fingerprint density at radius 1 is 1.17 bits per heavy atom. The van der Waals surface area contributed by atoms with Gasteiger partial charge in [0.2, 0.25) is 5.91 Å². The van der Waals surface area contributed by atoms with Crippen LogP contribution in [0.15, 0.2) is 17.2 Å². The largest absolute Gasteiger partial charge is 0.378 e. The van der Waals surface area contributed by atoms with Crippen molar-refractivity contribution in [3.63, 3.8) is 0 Å². The van der Waals surface area contributed by atoms with Gasteiger partial charge in [-0.05, 0) is 31.6 Å². The molecule has 9 heteroatoms. The van der Waals surface area contributed by atoms with E-state index in [9.17, 15) is 14.4 Å². The van der Waals surface area contributed by atoms with Crippen molar-refractivity contribution >= 4 is 11.8 Å². The molecule has 1 aliphatic carbocycles. The first-order valence-corrected chi connectivity index (χ1v) is 10.5. The molecule has 4 rings (SSSR count). The number of aromatic nitrogens is 2. The third kappa shape index (κ3) is 5.02. The molecule has 0 bridgehead atoms. The van der Waals surface area contributed by atoms with Gasteiger partial charge in [0, 0.05) is 57.1 Å². The quantitative estimate of drug-likeness (QED) is 0.663. The molecule has 0 aromatic carbocycles. The van der Waals surface area contributed by atoms with Crippen LogP contribution < -0.4 is 10.9 Å². The van der Waals surface area contributed by atoms with Gasteiger partial charge in [0.05, 0.1) is 13.2 Å². The number of nitrogens with one attached hydrogen (secondary N) is 2. The zero-order valence-electron chi connectivity index (χ0n) is 16.6. The van der Waals surface area contributed by atoms with Gasteiger partial charge in [-0.3, -0.25) is 19.3 Å². The zero-order valence-corrected chi connectivity index (χ0v) is 16.6. The van der Waals surface area contributed by atoms with Gasteiger partial charge in [0.25, 0.3) is 11.5 Å². The first kappa shape index (κ1) is 20.0. The molecule has 158 valence electrons. The van der Waals surface area contributed by atoms with Crippen LogP contribution in [0.3, 0.4) is 0 Å². The van der Waals surface area contributed by atoms with Crippen LogP contribution in [-0.4, -0.2) is 83.1 Å². The summed E-state index contributed by atoms with van der Waals surface area (Å²) in [6, 6.07) is 0.399. The van der Waals surface area contributed by atoms with Crippen LogP contribution in [0.4, 0.5) is 0 Å².